The summed E-state index contributed by atoms with van der Waals surface area (Å²) in [5.41, 5.74) is 4.95. The van der Waals surface area contributed by atoms with E-state index in [1.165, 1.54) is 19.3 Å². The lowest BCUT2D eigenvalue weighted by Gasteiger charge is -2.28. The smallest absolute Gasteiger partial charge is 0.153 e. The maximum absolute atomic E-state index is 10.4. The number of nitriles is 1. The average Bonchev–Trinajstić information content (AvgIpc) is 3.24. The van der Waals surface area contributed by atoms with E-state index < -0.39 is 0 Å². The molecule has 1 aromatic heterocycles. The van der Waals surface area contributed by atoms with Crippen LogP contribution in [0, 0.1) is 11.3 Å². The number of hydrogen-bond donors (Lipinski definition) is 0. The van der Waals surface area contributed by atoms with Crippen LogP contribution in [-0.2, 0) is 4.74 Å². The van der Waals surface area contributed by atoms with Crippen LogP contribution in [0.1, 0.15) is 43.7 Å². The molecule has 2 heterocycles. The number of morpholine rings is 1. The molecule has 5 rings (SSSR count). The SMILES string of the molecule is N#Cc1c(-c2ccccc2)c(-c2ccccc2)n(C2CCCCC2)c1N=CN1CCOCC1. The lowest BCUT2D eigenvalue weighted by atomic mass is 9.94. The summed E-state index contributed by atoms with van der Waals surface area (Å²) in [7, 11) is 0. The molecule has 1 saturated carbocycles. The highest BCUT2D eigenvalue weighted by Crippen LogP contribution is 2.46. The van der Waals surface area contributed by atoms with Gasteiger partial charge in [0.05, 0.1) is 25.2 Å². The van der Waals surface area contributed by atoms with Gasteiger partial charge in [-0.2, -0.15) is 5.26 Å². The molecule has 1 aliphatic carbocycles. The third-order valence-electron chi connectivity index (χ3n) is 6.73. The van der Waals surface area contributed by atoms with E-state index in [-0.39, 0.29) is 0 Å². The number of aliphatic imine (C=N–C) groups is 1. The van der Waals surface area contributed by atoms with Crippen LogP contribution in [0.15, 0.2) is 65.7 Å². The van der Waals surface area contributed by atoms with E-state index in [2.05, 4.69) is 51.9 Å². The fourth-order valence-corrected chi connectivity index (χ4v) is 5.10. The molecule has 1 saturated heterocycles. The Morgan fingerprint density at radius 2 is 1.52 bits per heavy atom. The van der Waals surface area contributed by atoms with E-state index >= 15 is 0 Å². The zero-order chi connectivity index (χ0) is 22.5. The second-order valence-corrected chi connectivity index (χ2v) is 8.82. The Morgan fingerprint density at radius 3 is 2.15 bits per heavy atom. The van der Waals surface area contributed by atoms with E-state index in [4.69, 9.17) is 9.73 Å². The van der Waals surface area contributed by atoms with E-state index in [0.717, 1.165) is 54.1 Å². The Bertz CT molecular complexity index is 1130. The first-order valence-electron chi connectivity index (χ1n) is 12.0. The Hall–Kier alpha value is -3.36. The Labute approximate surface area is 195 Å². The highest BCUT2D eigenvalue weighted by atomic mass is 16.5. The summed E-state index contributed by atoms with van der Waals surface area (Å²) in [6.45, 7) is 3.08. The van der Waals surface area contributed by atoms with Crippen molar-refractivity contribution in [3.05, 3.63) is 66.2 Å². The number of hydrogen-bond acceptors (Lipinski definition) is 3. The molecule has 0 spiro atoms. The van der Waals surface area contributed by atoms with Gasteiger partial charge in [-0.05, 0) is 24.0 Å². The van der Waals surface area contributed by atoms with Crippen molar-refractivity contribution in [3.63, 3.8) is 0 Å². The average molecular weight is 439 g/mol. The molecule has 5 nitrogen and oxygen atoms in total. The highest BCUT2D eigenvalue weighted by Gasteiger charge is 2.29. The summed E-state index contributed by atoms with van der Waals surface area (Å²) in [4.78, 5) is 7.18. The highest BCUT2D eigenvalue weighted by molar-refractivity contribution is 5.91. The Morgan fingerprint density at radius 1 is 0.879 bits per heavy atom. The number of ether oxygens (including phenoxy) is 1. The fraction of sp³-hybridized carbons (Fsp3) is 0.357. The summed E-state index contributed by atoms with van der Waals surface area (Å²) >= 11 is 0. The number of nitrogens with zero attached hydrogens (tertiary/aromatic N) is 4. The van der Waals surface area contributed by atoms with Crippen LogP contribution in [0.25, 0.3) is 22.4 Å². The summed E-state index contributed by atoms with van der Waals surface area (Å²) in [6.07, 6.45) is 7.86. The van der Waals surface area contributed by atoms with Crippen molar-refractivity contribution >= 4 is 12.2 Å². The molecule has 2 fully saturated rings. The quantitative estimate of drug-likeness (QED) is 0.352. The van der Waals surface area contributed by atoms with Gasteiger partial charge in [0.15, 0.2) is 5.82 Å². The summed E-state index contributed by atoms with van der Waals surface area (Å²) in [6, 6.07) is 23.7. The van der Waals surface area contributed by atoms with Crippen LogP contribution < -0.4 is 0 Å². The maximum Gasteiger partial charge on any atom is 0.153 e. The van der Waals surface area contributed by atoms with Gasteiger partial charge in [0, 0.05) is 24.7 Å². The lowest BCUT2D eigenvalue weighted by molar-refractivity contribution is 0.0701. The molecule has 0 bridgehead atoms. The molecular weight excluding hydrogens is 408 g/mol. The van der Waals surface area contributed by atoms with Crippen molar-refractivity contribution in [2.75, 3.05) is 26.3 Å². The predicted molar refractivity (Wildman–Crippen MR) is 133 cm³/mol. The van der Waals surface area contributed by atoms with Crippen LogP contribution in [-0.4, -0.2) is 42.1 Å². The molecule has 2 aromatic carbocycles. The molecule has 33 heavy (non-hydrogen) atoms. The van der Waals surface area contributed by atoms with Gasteiger partial charge < -0.3 is 14.2 Å². The van der Waals surface area contributed by atoms with Gasteiger partial charge in [-0.1, -0.05) is 79.9 Å². The van der Waals surface area contributed by atoms with Gasteiger partial charge in [-0.15, -0.1) is 0 Å². The molecule has 0 amide bonds. The van der Waals surface area contributed by atoms with Gasteiger partial charge in [0.1, 0.15) is 11.6 Å². The van der Waals surface area contributed by atoms with Crippen LogP contribution in [0.5, 0.6) is 0 Å². The largest absolute Gasteiger partial charge is 0.378 e. The van der Waals surface area contributed by atoms with Crippen molar-refractivity contribution in [1.82, 2.24) is 9.47 Å². The molecule has 0 unspecified atom stereocenters. The summed E-state index contributed by atoms with van der Waals surface area (Å²) in [5, 5.41) is 10.4. The topological polar surface area (TPSA) is 53.5 Å². The number of benzene rings is 2. The zero-order valence-electron chi connectivity index (χ0n) is 19.0. The third-order valence-corrected chi connectivity index (χ3v) is 6.73. The maximum atomic E-state index is 10.4. The first-order chi connectivity index (χ1) is 16.4. The Kier molecular flexibility index (Phi) is 6.55. The summed E-state index contributed by atoms with van der Waals surface area (Å²) in [5.74, 6) is 0.786. The van der Waals surface area contributed by atoms with Crippen molar-refractivity contribution in [2.45, 2.75) is 38.1 Å². The zero-order valence-corrected chi connectivity index (χ0v) is 19.0. The fourth-order valence-electron chi connectivity index (χ4n) is 5.10. The molecule has 0 N–H and O–H groups in total. The monoisotopic (exact) mass is 438 g/mol. The van der Waals surface area contributed by atoms with E-state index in [1.54, 1.807) is 0 Å². The minimum Gasteiger partial charge on any atom is -0.378 e. The van der Waals surface area contributed by atoms with Gasteiger partial charge in [-0.3, -0.25) is 0 Å². The first kappa shape index (κ1) is 21.5. The summed E-state index contributed by atoms with van der Waals surface area (Å²) < 4.78 is 7.87. The molecule has 0 radical (unpaired) electrons. The molecule has 0 atom stereocenters. The number of rotatable bonds is 5. The van der Waals surface area contributed by atoms with Crippen molar-refractivity contribution in [1.29, 1.82) is 5.26 Å². The van der Waals surface area contributed by atoms with Crippen LogP contribution in [0.2, 0.25) is 0 Å². The van der Waals surface area contributed by atoms with E-state index in [9.17, 15) is 5.26 Å². The lowest BCUT2D eigenvalue weighted by Crippen LogP contribution is -2.35. The normalized spacial score (nSPS) is 17.4. The van der Waals surface area contributed by atoms with Gasteiger partial charge in [-0.25, -0.2) is 4.99 Å². The second kappa shape index (κ2) is 10.1. The minimum atomic E-state index is 0.343. The van der Waals surface area contributed by atoms with Crippen LogP contribution >= 0.6 is 0 Å². The van der Waals surface area contributed by atoms with E-state index in [1.807, 2.05) is 30.6 Å². The number of aromatic nitrogens is 1. The first-order valence-corrected chi connectivity index (χ1v) is 12.0. The predicted octanol–water partition coefficient (Wildman–Crippen LogP) is 6.19. The molecule has 168 valence electrons. The minimum absolute atomic E-state index is 0.343. The van der Waals surface area contributed by atoms with Crippen LogP contribution in [0.4, 0.5) is 5.82 Å². The van der Waals surface area contributed by atoms with Gasteiger partial charge >= 0.3 is 0 Å². The molecule has 1 aliphatic heterocycles. The standard InChI is InChI=1S/C28H30N4O/c29-20-25-26(22-10-4-1-5-11-22)27(23-12-6-2-7-13-23)32(24-14-8-3-9-15-24)28(25)30-21-31-16-18-33-19-17-31/h1-2,4-7,10-13,21,24H,3,8-9,14-19H2. The second-order valence-electron chi connectivity index (χ2n) is 8.82. The molecule has 2 aliphatic rings. The third kappa shape index (κ3) is 4.44. The van der Waals surface area contributed by atoms with Crippen molar-refractivity contribution < 1.29 is 4.74 Å². The Balaban J connectivity index is 1.75. The molecule has 5 heteroatoms. The van der Waals surface area contributed by atoms with Crippen molar-refractivity contribution in [3.8, 4) is 28.5 Å². The molecular formula is C28H30N4O. The molecule has 3 aromatic rings. The van der Waals surface area contributed by atoms with E-state index in [0.29, 0.717) is 24.8 Å². The van der Waals surface area contributed by atoms with Gasteiger partial charge in [0.2, 0.25) is 0 Å². The van der Waals surface area contributed by atoms with Crippen LogP contribution in [0.3, 0.4) is 0 Å². The van der Waals surface area contributed by atoms with Gasteiger partial charge in [0.25, 0.3) is 0 Å². The van der Waals surface area contributed by atoms with Crippen molar-refractivity contribution in [2.24, 2.45) is 4.99 Å².